The molecule has 0 spiro atoms. The summed E-state index contributed by atoms with van der Waals surface area (Å²) in [7, 11) is 1.70. The summed E-state index contributed by atoms with van der Waals surface area (Å²) in [5.74, 6) is 1.69. The van der Waals surface area contributed by atoms with Gasteiger partial charge in [-0.2, -0.15) is 0 Å². The lowest BCUT2D eigenvalue weighted by Gasteiger charge is -2.34. The van der Waals surface area contributed by atoms with Crippen LogP contribution in [-0.4, -0.2) is 69.1 Å². The minimum Gasteiger partial charge on any atom is -0.493 e. The van der Waals surface area contributed by atoms with Crippen molar-refractivity contribution >= 4 is 16.7 Å². The van der Waals surface area contributed by atoms with Crippen molar-refractivity contribution < 1.29 is 23.7 Å². The molecule has 1 saturated heterocycles. The van der Waals surface area contributed by atoms with Gasteiger partial charge in [-0.15, -0.1) is 0 Å². The summed E-state index contributed by atoms with van der Waals surface area (Å²) in [5, 5.41) is 5.55. The van der Waals surface area contributed by atoms with Crippen molar-refractivity contribution in [3.8, 4) is 11.5 Å². The Morgan fingerprint density at radius 3 is 2.62 bits per heavy atom. The molecule has 1 N–H and O–H groups in total. The fourth-order valence-electron chi connectivity index (χ4n) is 4.74. The van der Waals surface area contributed by atoms with Crippen LogP contribution in [0.4, 0.5) is 0 Å². The molecule has 3 aromatic rings. The lowest BCUT2D eigenvalue weighted by atomic mass is 10.0. The van der Waals surface area contributed by atoms with Crippen molar-refractivity contribution in [2.24, 2.45) is 0 Å². The molecule has 2 fully saturated rings. The summed E-state index contributed by atoms with van der Waals surface area (Å²) < 4.78 is 23.4. The van der Waals surface area contributed by atoms with E-state index in [0.717, 1.165) is 47.1 Å². The monoisotopic (exact) mass is 504 g/mol. The highest BCUT2D eigenvalue weighted by molar-refractivity contribution is 5.89. The zero-order chi connectivity index (χ0) is 25.5. The van der Waals surface area contributed by atoms with Gasteiger partial charge in [0, 0.05) is 51.2 Å². The zero-order valence-electron chi connectivity index (χ0n) is 21.4. The number of carbonyl (C=O) groups is 1. The van der Waals surface area contributed by atoms with Crippen molar-refractivity contribution in [3.05, 3.63) is 72.3 Å². The third-order valence-corrected chi connectivity index (χ3v) is 6.77. The van der Waals surface area contributed by atoms with Gasteiger partial charge in [0.05, 0.1) is 6.61 Å². The normalized spacial score (nSPS) is 19.5. The highest BCUT2D eigenvalue weighted by Gasteiger charge is 2.38. The van der Waals surface area contributed by atoms with Crippen molar-refractivity contribution in [3.63, 3.8) is 0 Å². The molecule has 0 radical (unpaired) electrons. The first-order valence-corrected chi connectivity index (χ1v) is 13.2. The maximum absolute atomic E-state index is 13.7. The number of amides is 1. The SMILES string of the molecule is COCCCOc1cc(CN(C(=O)[C@H]2CNC[C@@H](COc3ccccc3)O2)C2CC2)cc2ccccc12. The van der Waals surface area contributed by atoms with E-state index in [1.807, 2.05) is 47.4 Å². The van der Waals surface area contributed by atoms with E-state index in [-0.39, 0.29) is 18.1 Å². The summed E-state index contributed by atoms with van der Waals surface area (Å²) in [4.78, 5) is 15.7. The maximum Gasteiger partial charge on any atom is 0.253 e. The molecule has 196 valence electrons. The molecular weight excluding hydrogens is 468 g/mol. The van der Waals surface area contributed by atoms with Crippen LogP contribution in [0.15, 0.2) is 66.7 Å². The molecule has 1 heterocycles. The second-order valence-electron chi connectivity index (χ2n) is 9.74. The number of benzene rings is 3. The Labute approximate surface area is 218 Å². The topological polar surface area (TPSA) is 69.3 Å². The van der Waals surface area contributed by atoms with Crippen LogP contribution in [0.5, 0.6) is 11.5 Å². The quantitative estimate of drug-likeness (QED) is 0.373. The van der Waals surface area contributed by atoms with E-state index in [2.05, 4.69) is 29.6 Å². The van der Waals surface area contributed by atoms with E-state index in [1.165, 1.54) is 0 Å². The summed E-state index contributed by atoms with van der Waals surface area (Å²) >= 11 is 0. The van der Waals surface area contributed by atoms with Crippen LogP contribution in [-0.2, 0) is 20.8 Å². The van der Waals surface area contributed by atoms with E-state index < -0.39 is 6.10 Å². The van der Waals surface area contributed by atoms with Crippen molar-refractivity contribution in [2.45, 2.75) is 44.1 Å². The molecule has 0 aromatic heterocycles. The second kappa shape index (κ2) is 12.4. The van der Waals surface area contributed by atoms with E-state index in [4.69, 9.17) is 18.9 Å². The van der Waals surface area contributed by atoms with Gasteiger partial charge in [0.2, 0.25) is 0 Å². The van der Waals surface area contributed by atoms with E-state index in [1.54, 1.807) is 7.11 Å². The first kappa shape index (κ1) is 25.5. The molecule has 1 saturated carbocycles. The van der Waals surface area contributed by atoms with Gasteiger partial charge >= 0.3 is 0 Å². The number of para-hydroxylation sites is 1. The van der Waals surface area contributed by atoms with Gasteiger partial charge in [-0.3, -0.25) is 4.79 Å². The average molecular weight is 505 g/mol. The number of methoxy groups -OCH3 is 1. The van der Waals surface area contributed by atoms with Gasteiger partial charge in [0.1, 0.15) is 30.3 Å². The van der Waals surface area contributed by atoms with Gasteiger partial charge in [-0.25, -0.2) is 0 Å². The Balaban J connectivity index is 1.26. The molecule has 1 aliphatic heterocycles. The number of fused-ring (bicyclic) bond motifs is 1. The van der Waals surface area contributed by atoms with Crippen LogP contribution < -0.4 is 14.8 Å². The van der Waals surface area contributed by atoms with Gasteiger partial charge in [0.15, 0.2) is 0 Å². The first-order chi connectivity index (χ1) is 18.2. The van der Waals surface area contributed by atoms with Crippen molar-refractivity contribution in [1.82, 2.24) is 10.2 Å². The molecule has 5 rings (SSSR count). The van der Waals surface area contributed by atoms with Crippen molar-refractivity contribution in [2.75, 3.05) is 40.0 Å². The number of ether oxygens (including phenoxy) is 4. The zero-order valence-corrected chi connectivity index (χ0v) is 21.4. The van der Waals surface area contributed by atoms with Crippen LogP contribution in [0.25, 0.3) is 10.8 Å². The molecule has 37 heavy (non-hydrogen) atoms. The van der Waals surface area contributed by atoms with Crippen molar-refractivity contribution in [1.29, 1.82) is 0 Å². The minimum atomic E-state index is -0.524. The lowest BCUT2D eigenvalue weighted by molar-refractivity contribution is -0.153. The van der Waals surface area contributed by atoms with Gasteiger partial charge in [-0.1, -0.05) is 42.5 Å². The maximum atomic E-state index is 13.7. The number of carbonyl (C=O) groups excluding carboxylic acids is 1. The molecule has 3 aromatic carbocycles. The average Bonchev–Trinajstić information content (AvgIpc) is 3.79. The van der Waals surface area contributed by atoms with Crippen LogP contribution in [0, 0.1) is 0 Å². The van der Waals surface area contributed by atoms with Crippen LogP contribution in [0.3, 0.4) is 0 Å². The van der Waals surface area contributed by atoms with Crippen LogP contribution in [0.1, 0.15) is 24.8 Å². The predicted molar refractivity (Wildman–Crippen MR) is 143 cm³/mol. The summed E-state index contributed by atoms with van der Waals surface area (Å²) in [6.07, 6.45) is 2.17. The summed E-state index contributed by atoms with van der Waals surface area (Å²) in [6, 6.07) is 22.4. The van der Waals surface area contributed by atoms with Gasteiger partial charge in [-0.05, 0) is 48.1 Å². The third kappa shape index (κ3) is 6.80. The fourth-order valence-corrected chi connectivity index (χ4v) is 4.74. The Bertz CT molecular complexity index is 1170. The Kier molecular flexibility index (Phi) is 8.56. The third-order valence-electron chi connectivity index (χ3n) is 6.77. The van der Waals surface area contributed by atoms with Gasteiger partial charge < -0.3 is 29.2 Å². The minimum absolute atomic E-state index is 0.0372. The number of nitrogens with one attached hydrogen (secondary N) is 1. The molecule has 1 aliphatic carbocycles. The number of hydrogen-bond acceptors (Lipinski definition) is 6. The number of morpholine rings is 1. The standard InChI is InChI=1S/C30H36N2O5/c1-34-14-7-15-35-28-17-22(16-23-8-5-6-11-27(23)28)20-32(24-12-13-24)30(33)29-19-31-18-26(37-29)21-36-25-9-3-2-4-10-25/h2-6,8-11,16-17,24,26,29,31H,7,12-15,18-21H2,1H3/t26-,29+/m0/s1. The fraction of sp³-hybridized carbons (Fsp3) is 0.433. The molecule has 2 aliphatic rings. The first-order valence-electron chi connectivity index (χ1n) is 13.2. The van der Waals surface area contributed by atoms with Gasteiger partial charge in [0.25, 0.3) is 5.91 Å². The van der Waals surface area contributed by atoms with E-state index in [9.17, 15) is 4.79 Å². The summed E-state index contributed by atoms with van der Waals surface area (Å²) in [6.45, 7) is 3.35. The number of rotatable bonds is 12. The highest BCUT2D eigenvalue weighted by atomic mass is 16.5. The molecule has 0 bridgehead atoms. The lowest BCUT2D eigenvalue weighted by Crippen LogP contribution is -2.54. The Morgan fingerprint density at radius 1 is 1.00 bits per heavy atom. The molecule has 0 unspecified atom stereocenters. The smallest absolute Gasteiger partial charge is 0.253 e. The summed E-state index contributed by atoms with van der Waals surface area (Å²) in [5.41, 5.74) is 1.06. The molecule has 1 amide bonds. The largest absolute Gasteiger partial charge is 0.493 e. The van der Waals surface area contributed by atoms with Crippen LogP contribution >= 0.6 is 0 Å². The number of hydrogen-bond donors (Lipinski definition) is 1. The molecule has 2 atom stereocenters. The predicted octanol–water partition coefficient (Wildman–Crippen LogP) is 4.18. The molecular formula is C30H36N2O5. The molecule has 7 heteroatoms. The number of nitrogens with zero attached hydrogens (tertiary/aromatic N) is 1. The Morgan fingerprint density at radius 2 is 1.81 bits per heavy atom. The highest BCUT2D eigenvalue weighted by Crippen LogP contribution is 2.33. The Hall–Kier alpha value is -3.13. The van der Waals surface area contributed by atoms with Crippen LogP contribution in [0.2, 0.25) is 0 Å². The second-order valence-corrected chi connectivity index (χ2v) is 9.74. The van der Waals surface area contributed by atoms with E-state index >= 15 is 0 Å². The van der Waals surface area contributed by atoms with E-state index in [0.29, 0.717) is 39.5 Å². The molecule has 7 nitrogen and oxygen atoms in total.